The Morgan fingerprint density at radius 3 is 2.40 bits per heavy atom. The summed E-state index contributed by atoms with van der Waals surface area (Å²) >= 11 is 0. The molecule has 0 bridgehead atoms. The molecule has 2 aliphatic rings. The van der Waals surface area contributed by atoms with Crippen molar-refractivity contribution in [1.29, 1.82) is 0 Å². The zero-order valence-corrected chi connectivity index (χ0v) is 26.5. The number of fused-ring (bicyclic) bond motifs is 1. The number of rotatable bonds is 11. The first kappa shape index (κ1) is 33.6. The smallest absolute Gasteiger partial charge is 0.497 e. The maximum Gasteiger partial charge on any atom is 0.524 e. The van der Waals surface area contributed by atoms with Crippen molar-refractivity contribution in [1.82, 2.24) is 25.1 Å². The molecule has 5 rings (SSSR count). The average Bonchev–Trinajstić information content (AvgIpc) is 3.03. The number of hydrogen-bond donors (Lipinski definition) is 3. The van der Waals surface area contributed by atoms with Crippen LogP contribution in [0.4, 0.5) is 9.18 Å². The van der Waals surface area contributed by atoms with E-state index >= 15 is 4.39 Å². The fourth-order valence-corrected chi connectivity index (χ4v) is 6.13. The molecule has 248 valence electrons. The van der Waals surface area contributed by atoms with Crippen molar-refractivity contribution in [3.63, 3.8) is 0 Å². The Hall–Kier alpha value is -4.75. The summed E-state index contributed by atoms with van der Waals surface area (Å²) < 4.78 is 36.1. The van der Waals surface area contributed by atoms with E-state index in [0.717, 1.165) is 5.56 Å². The molecule has 2 fully saturated rings. The summed E-state index contributed by atoms with van der Waals surface area (Å²) in [6.45, 7) is 3.72. The molecule has 15 heteroatoms. The van der Waals surface area contributed by atoms with Gasteiger partial charge in [-0.05, 0) is 29.3 Å². The van der Waals surface area contributed by atoms with Gasteiger partial charge >= 0.3 is 13.9 Å². The van der Waals surface area contributed by atoms with Crippen LogP contribution < -0.4 is 14.6 Å². The molecule has 2 saturated heterocycles. The van der Waals surface area contributed by atoms with Gasteiger partial charge in [0.25, 0.3) is 0 Å². The lowest BCUT2D eigenvalue weighted by Gasteiger charge is -2.55. The van der Waals surface area contributed by atoms with Crippen molar-refractivity contribution < 1.29 is 42.4 Å². The number of nitrogens with one attached hydrogen (secondary N) is 1. The second-order valence-electron chi connectivity index (χ2n) is 11.0. The molecule has 2 atom stereocenters. The third-order valence-corrected chi connectivity index (χ3v) is 8.31. The van der Waals surface area contributed by atoms with E-state index in [2.05, 4.69) is 16.4 Å². The lowest BCUT2D eigenvalue weighted by Crippen LogP contribution is -2.76. The third kappa shape index (κ3) is 7.98. The normalized spacial score (nSPS) is 18.5. The van der Waals surface area contributed by atoms with Crippen molar-refractivity contribution in [2.24, 2.45) is 0 Å². The lowest BCUT2D eigenvalue weighted by atomic mass is 9.98. The number of halogens is 1. The van der Waals surface area contributed by atoms with Crippen LogP contribution in [0, 0.1) is 5.82 Å². The standard InChI is InChI=1S/C32H35FN5O8P/c1-3-15-36-21-30(39)37-28(16-22-9-12-25(13-10-22)46-47(42,43)44)31(40)35(19-24-11-14-26(45-2)17-27(24)33)20-29(37)38(36)32(41)34-18-23-7-5-4-6-8-23/h3-14,17,28-29H,1,15-16,18-21H2,2H3,(H,34,41)(H2,42,43,44)/t28-,29-/m0/s1. The molecule has 3 aromatic rings. The summed E-state index contributed by atoms with van der Waals surface area (Å²) in [5.41, 5.74) is 1.63. The summed E-state index contributed by atoms with van der Waals surface area (Å²) in [5.74, 6) is -1.20. The Labute approximate surface area is 271 Å². The second-order valence-corrected chi connectivity index (χ2v) is 12.2. The van der Waals surface area contributed by atoms with Crippen LogP contribution in [0.3, 0.4) is 0 Å². The highest BCUT2D eigenvalue weighted by atomic mass is 31.2. The molecule has 47 heavy (non-hydrogen) atoms. The van der Waals surface area contributed by atoms with Crippen LogP contribution in [0.1, 0.15) is 16.7 Å². The summed E-state index contributed by atoms with van der Waals surface area (Å²) in [7, 11) is -3.37. The van der Waals surface area contributed by atoms with Crippen molar-refractivity contribution in [3.8, 4) is 11.5 Å². The van der Waals surface area contributed by atoms with Gasteiger partial charge in [-0.15, -0.1) is 6.58 Å². The van der Waals surface area contributed by atoms with Crippen molar-refractivity contribution in [2.45, 2.75) is 31.7 Å². The fourth-order valence-electron chi connectivity index (χ4n) is 5.73. The highest BCUT2D eigenvalue weighted by Gasteiger charge is 2.51. The minimum atomic E-state index is -4.79. The molecule has 0 aliphatic carbocycles. The van der Waals surface area contributed by atoms with E-state index < -0.39 is 37.8 Å². The number of amides is 4. The van der Waals surface area contributed by atoms with Crippen LogP contribution in [0.5, 0.6) is 11.5 Å². The topological polar surface area (TPSA) is 152 Å². The Bertz CT molecular complexity index is 1670. The SMILES string of the molecule is C=CCN1CC(=O)N2[C@@H](Cc3ccc(OP(=O)(O)O)cc3)C(=O)N(Cc3ccc(OC)cc3F)C[C@@H]2N1C(=O)NCc1ccccc1. The molecule has 2 aliphatic heterocycles. The molecule has 0 unspecified atom stereocenters. The molecule has 0 radical (unpaired) electrons. The van der Waals surface area contributed by atoms with Gasteiger partial charge in [-0.1, -0.05) is 54.6 Å². The van der Waals surface area contributed by atoms with Crippen LogP contribution in [0.15, 0.2) is 85.5 Å². The van der Waals surface area contributed by atoms with E-state index in [1.54, 1.807) is 17.2 Å². The molecule has 3 aromatic carbocycles. The molecular weight excluding hydrogens is 632 g/mol. The van der Waals surface area contributed by atoms with Crippen LogP contribution in [-0.4, -0.2) is 86.4 Å². The summed E-state index contributed by atoms with van der Waals surface area (Å²) in [6, 6.07) is 17.8. The molecule has 4 amide bonds. The Morgan fingerprint density at radius 2 is 1.77 bits per heavy atom. The van der Waals surface area contributed by atoms with Crippen LogP contribution >= 0.6 is 7.82 Å². The number of benzene rings is 3. The average molecular weight is 668 g/mol. The van der Waals surface area contributed by atoms with Crippen LogP contribution in [0.2, 0.25) is 0 Å². The number of piperazine rings is 1. The molecule has 0 aromatic heterocycles. The number of phosphoric ester groups is 1. The monoisotopic (exact) mass is 667 g/mol. The summed E-state index contributed by atoms with van der Waals surface area (Å²) in [6.07, 6.45) is 0.616. The minimum absolute atomic E-state index is 0.000207. The number of hydrogen-bond acceptors (Lipinski definition) is 7. The number of hydrazine groups is 1. The van der Waals surface area contributed by atoms with Gasteiger partial charge in [0, 0.05) is 37.7 Å². The number of phosphoric acid groups is 1. The van der Waals surface area contributed by atoms with Gasteiger partial charge in [0.15, 0.2) is 0 Å². The molecule has 13 nitrogen and oxygen atoms in total. The highest BCUT2D eigenvalue weighted by molar-refractivity contribution is 7.46. The van der Waals surface area contributed by atoms with Gasteiger partial charge in [-0.3, -0.25) is 19.4 Å². The van der Waals surface area contributed by atoms with Crippen molar-refractivity contribution in [3.05, 3.63) is 108 Å². The van der Waals surface area contributed by atoms with Gasteiger partial charge < -0.3 is 24.4 Å². The maximum absolute atomic E-state index is 15.1. The predicted molar refractivity (Wildman–Crippen MR) is 168 cm³/mol. The Balaban J connectivity index is 1.49. The van der Waals surface area contributed by atoms with E-state index in [4.69, 9.17) is 14.5 Å². The van der Waals surface area contributed by atoms with Gasteiger partial charge in [-0.25, -0.2) is 23.8 Å². The number of carbonyl (C=O) groups excluding carboxylic acids is 3. The third-order valence-electron chi connectivity index (χ3n) is 7.86. The Morgan fingerprint density at radius 1 is 1.06 bits per heavy atom. The minimum Gasteiger partial charge on any atom is -0.497 e. The van der Waals surface area contributed by atoms with E-state index in [9.17, 15) is 18.9 Å². The number of ether oxygens (including phenoxy) is 1. The molecule has 2 heterocycles. The van der Waals surface area contributed by atoms with Gasteiger partial charge in [0.1, 0.15) is 29.5 Å². The molecule has 0 saturated carbocycles. The lowest BCUT2D eigenvalue weighted by molar-refractivity contribution is -0.189. The molecule has 3 N–H and O–H groups in total. The van der Waals surface area contributed by atoms with Crippen LogP contribution in [-0.2, 0) is 33.7 Å². The zero-order valence-electron chi connectivity index (χ0n) is 25.6. The zero-order chi connectivity index (χ0) is 33.7. The van der Waals surface area contributed by atoms with E-state index in [1.165, 1.54) is 58.3 Å². The van der Waals surface area contributed by atoms with Gasteiger partial charge in [0.2, 0.25) is 11.8 Å². The van der Waals surface area contributed by atoms with Gasteiger partial charge in [0.05, 0.1) is 20.2 Å². The van der Waals surface area contributed by atoms with E-state index in [0.29, 0.717) is 11.3 Å². The molecular formula is C32H35FN5O8P. The van der Waals surface area contributed by atoms with E-state index in [1.807, 2.05) is 30.3 Å². The number of nitrogens with zero attached hydrogens (tertiary/aromatic N) is 4. The summed E-state index contributed by atoms with van der Waals surface area (Å²) in [5, 5.41) is 5.89. The second kappa shape index (κ2) is 14.3. The highest BCUT2D eigenvalue weighted by Crippen LogP contribution is 2.37. The number of urea groups is 1. The Kier molecular flexibility index (Phi) is 10.3. The van der Waals surface area contributed by atoms with Crippen molar-refractivity contribution in [2.75, 3.05) is 26.7 Å². The largest absolute Gasteiger partial charge is 0.524 e. The number of carbonyl (C=O) groups is 3. The quantitative estimate of drug-likeness (QED) is 0.207. The van der Waals surface area contributed by atoms with Gasteiger partial charge in [-0.2, -0.15) is 0 Å². The number of methoxy groups -OCH3 is 1. The first-order chi connectivity index (χ1) is 22.5. The maximum atomic E-state index is 15.1. The van der Waals surface area contributed by atoms with Crippen molar-refractivity contribution >= 4 is 25.7 Å². The molecule has 0 spiro atoms. The first-order valence-electron chi connectivity index (χ1n) is 14.7. The fraction of sp³-hybridized carbons (Fsp3) is 0.281. The first-order valence-corrected chi connectivity index (χ1v) is 16.2. The van der Waals surface area contributed by atoms with E-state index in [-0.39, 0.29) is 56.4 Å². The predicted octanol–water partition coefficient (Wildman–Crippen LogP) is 3.04. The van der Waals surface area contributed by atoms with Crippen LogP contribution in [0.25, 0.3) is 0 Å². The summed E-state index contributed by atoms with van der Waals surface area (Å²) in [4.78, 5) is 62.8.